The van der Waals surface area contributed by atoms with Crippen molar-refractivity contribution in [1.29, 1.82) is 0 Å². The Balaban J connectivity index is 1.42. The van der Waals surface area contributed by atoms with Gasteiger partial charge in [-0.05, 0) is 45.1 Å². The summed E-state index contributed by atoms with van der Waals surface area (Å²) in [6.07, 6.45) is -0.702. The number of carbonyl (C=O) groups is 1. The molecule has 3 rings (SSSR count). The molecule has 8 heteroatoms. The van der Waals surface area contributed by atoms with E-state index in [-0.39, 0.29) is 17.1 Å². The van der Waals surface area contributed by atoms with Gasteiger partial charge in [-0.1, -0.05) is 0 Å². The average Bonchev–Trinajstić information content (AvgIpc) is 2.72. The Hall–Kier alpha value is -1.73. The van der Waals surface area contributed by atoms with Crippen LogP contribution in [0.5, 0.6) is 0 Å². The van der Waals surface area contributed by atoms with Gasteiger partial charge in [-0.15, -0.1) is 0 Å². The first-order valence-corrected chi connectivity index (χ1v) is 8.49. The van der Waals surface area contributed by atoms with Gasteiger partial charge in [0.05, 0.1) is 12.6 Å². The van der Waals surface area contributed by atoms with Crippen molar-refractivity contribution in [3.63, 3.8) is 0 Å². The highest BCUT2D eigenvalue weighted by atomic mass is 19.4. The molecule has 0 radical (unpaired) electrons. The molecule has 2 fully saturated rings. The van der Waals surface area contributed by atoms with Gasteiger partial charge < -0.3 is 9.64 Å². The van der Waals surface area contributed by atoms with Gasteiger partial charge in [-0.3, -0.25) is 4.68 Å². The molecule has 1 aliphatic heterocycles. The molecule has 25 heavy (non-hydrogen) atoms. The van der Waals surface area contributed by atoms with Crippen molar-refractivity contribution < 1.29 is 22.7 Å². The molecule has 1 amide bonds. The minimum absolute atomic E-state index is 0.170. The van der Waals surface area contributed by atoms with Gasteiger partial charge in [0.15, 0.2) is 0 Å². The predicted molar refractivity (Wildman–Crippen MR) is 85.0 cm³/mol. The Morgan fingerprint density at radius 2 is 1.96 bits per heavy atom. The predicted octanol–water partition coefficient (Wildman–Crippen LogP) is 3.64. The molecule has 5 nitrogen and oxygen atoms in total. The first-order valence-electron chi connectivity index (χ1n) is 8.49. The van der Waals surface area contributed by atoms with E-state index in [1.165, 1.54) is 12.4 Å². The fourth-order valence-corrected chi connectivity index (χ4v) is 3.86. The van der Waals surface area contributed by atoms with Gasteiger partial charge in [-0.25, -0.2) is 4.79 Å². The Labute approximate surface area is 145 Å². The average molecular weight is 359 g/mol. The fourth-order valence-electron chi connectivity index (χ4n) is 3.86. The number of alkyl halides is 3. The van der Waals surface area contributed by atoms with E-state index in [0.29, 0.717) is 25.6 Å². The lowest BCUT2D eigenvalue weighted by molar-refractivity contribution is -0.127. The quantitative estimate of drug-likeness (QED) is 0.828. The molecule has 140 valence electrons. The molecule has 0 atom stereocenters. The van der Waals surface area contributed by atoms with E-state index in [9.17, 15) is 18.0 Å². The smallest absolute Gasteiger partial charge is 0.410 e. The third-order valence-electron chi connectivity index (χ3n) is 4.68. The summed E-state index contributed by atoms with van der Waals surface area (Å²) in [7, 11) is 0. The molecule has 1 spiro atoms. The molecule has 0 N–H and O–H groups in total. The molecular weight excluding hydrogens is 335 g/mol. The summed E-state index contributed by atoms with van der Waals surface area (Å²) in [6, 6.07) is 0. The summed E-state index contributed by atoms with van der Waals surface area (Å²) in [6.45, 7) is 7.57. The van der Waals surface area contributed by atoms with Gasteiger partial charge in [-0.2, -0.15) is 18.3 Å². The third kappa shape index (κ3) is 4.46. The van der Waals surface area contributed by atoms with E-state index in [1.807, 2.05) is 20.8 Å². The lowest BCUT2D eigenvalue weighted by Gasteiger charge is -2.58. The number of amides is 1. The second kappa shape index (κ2) is 5.92. The normalized spacial score (nSPS) is 20.3. The highest BCUT2D eigenvalue weighted by Crippen LogP contribution is 2.52. The van der Waals surface area contributed by atoms with Gasteiger partial charge in [0.2, 0.25) is 0 Å². The highest BCUT2D eigenvalue weighted by Gasteiger charge is 2.54. The number of likely N-dealkylation sites (tertiary alicyclic amines) is 1. The van der Waals surface area contributed by atoms with E-state index < -0.39 is 18.2 Å². The summed E-state index contributed by atoms with van der Waals surface area (Å²) < 4.78 is 44.1. The highest BCUT2D eigenvalue weighted by molar-refractivity contribution is 5.69. The van der Waals surface area contributed by atoms with E-state index in [2.05, 4.69) is 5.10 Å². The minimum Gasteiger partial charge on any atom is -0.444 e. The summed E-state index contributed by atoms with van der Waals surface area (Å²) >= 11 is 0. The zero-order valence-electron chi connectivity index (χ0n) is 14.8. The first-order chi connectivity index (χ1) is 11.4. The van der Waals surface area contributed by atoms with Crippen LogP contribution < -0.4 is 0 Å². The molecule has 0 bridgehead atoms. The zero-order chi connectivity index (χ0) is 18.5. The van der Waals surface area contributed by atoms with Crippen LogP contribution in [0.25, 0.3) is 0 Å². The summed E-state index contributed by atoms with van der Waals surface area (Å²) in [5.41, 5.74) is -0.124. The first kappa shape index (κ1) is 18.1. The van der Waals surface area contributed by atoms with E-state index in [4.69, 9.17) is 4.74 Å². The van der Waals surface area contributed by atoms with Crippen LogP contribution in [0.2, 0.25) is 0 Å². The van der Waals surface area contributed by atoms with Crippen molar-refractivity contribution in [1.82, 2.24) is 14.7 Å². The molecule has 1 aromatic rings. The van der Waals surface area contributed by atoms with Crippen LogP contribution in [0.1, 0.15) is 39.2 Å². The lowest BCUT2D eigenvalue weighted by atomic mass is 9.58. The topological polar surface area (TPSA) is 47.4 Å². The number of ether oxygens (including phenoxy) is 1. The van der Waals surface area contributed by atoms with Crippen LogP contribution >= 0.6 is 0 Å². The van der Waals surface area contributed by atoms with Crippen LogP contribution in [0, 0.1) is 11.3 Å². The van der Waals surface area contributed by atoms with Crippen LogP contribution in [0.15, 0.2) is 12.4 Å². The van der Waals surface area contributed by atoms with Crippen LogP contribution in [0.3, 0.4) is 0 Å². The van der Waals surface area contributed by atoms with Crippen molar-refractivity contribution in [2.24, 2.45) is 11.3 Å². The molecule has 2 heterocycles. The summed E-state index contributed by atoms with van der Waals surface area (Å²) in [5, 5.41) is 4.03. The van der Waals surface area contributed by atoms with Crippen LogP contribution in [-0.2, 0) is 17.7 Å². The minimum atomic E-state index is -4.20. The van der Waals surface area contributed by atoms with Crippen molar-refractivity contribution in [2.45, 2.75) is 58.4 Å². The van der Waals surface area contributed by atoms with Crippen molar-refractivity contribution >= 4 is 6.09 Å². The van der Waals surface area contributed by atoms with Gasteiger partial charge >= 0.3 is 12.3 Å². The number of rotatable bonds is 3. The molecule has 2 aliphatic rings. The molecule has 0 unspecified atom stereocenters. The molecule has 1 aliphatic carbocycles. The zero-order valence-corrected chi connectivity index (χ0v) is 14.8. The van der Waals surface area contributed by atoms with Crippen LogP contribution in [-0.4, -0.2) is 45.6 Å². The number of hydrogen-bond acceptors (Lipinski definition) is 3. The van der Waals surface area contributed by atoms with Crippen molar-refractivity contribution in [3.8, 4) is 0 Å². The maximum absolute atomic E-state index is 12.4. The number of hydrogen-bond donors (Lipinski definition) is 0. The van der Waals surface area contributed by atoms with Gasteiger partial charge in [0.1, 0.15) is 5.60 Å². The van der Waals surface area contributed by atoms with Crippen LogP contribution in [0.4, 0.5) is 18.0 Å². The number of aromatic nitrogens is 2. The van der Waals surface area contributed by atoms with Gasteiger partial charge in [0, 0.05) is 31.2 Å². The van der Waals surface area contributed by atoms with Crippen molar-refractivity contribution in [2.75, 3.05) is 13.1 Å². The van der Waals surface area contributed by atoms with Gasteiger partial charge in [0.25, 0.3) is 0 Å². The molecule has 0 aromatic carbocycles. The third-order valence-corrected chi connectivity index (χ3v) is 4.68. The van der Waals surface area contributed by atoms with E-state index in [1.54, 1.807) is 9.58 Å². The molecular formula is C17H24F3N3O2. The maximum Gasteiger partial charge on any atom is 0.410 e. The SMILES string of the molecule is CC(C)(C)OC(=O)N1CC2(CC(Cn3cc(CC(F)(F)F)cn3)C2)C1. The molecule has 1 saturated carbocycles. The lowest BCUT2D eigenvalue weighted by Crippen LogP contribution is -2.64. The molecule has 1 aromatic heterocycles. The Kier molecular flexibility index (Phi) is 4.28. The number of nitrogens with zero attached hydrogens (tertiary/aromatic N) is 3. The fraction of sp³-hybridized carbons (Fsp3) is 0.765. The summed E-state index contributed by atoms with van der Waals surface area (Å²) in [5.74, 6) is 0.402. The monoisotopic (exact) mass is 359 g/mol. The Morgan fingerprint density at radius 3 is 2.52 bits per heavy atom. The van der Waals surface area contributed by atoms with Crippen molar-refractivity contribution in [3.05, 3.63) is 18.0 Å². The summed E-state index contributed by atoms with van der Waals surface area (Å²) in [4.78, 5) is 13.7. The Bertz CT molecular complexity index is 634. The maximum atomic E-state index is 12.4. The standard InChI is InChI=1S/C17H24F3N3O2/c1-15(2,3)25-14(24)22-10-16(11-22)4-12(5-16)8-23-9-13(7-21-23)6-17(18,19)20/h7,9,12H,4-6,8,10-11H2,1-3H3. The van der Waals surface area contributed by atoms with E-state index >= 15 is 0 Å². The second-order valence-corrected chi connectivity index (χ2v) is 8.47. The second-order valence-electron chi connectivity index (χ2n) is 8.47. The van der Waals surface area contributed by atoms with E-state index in [0.717, 1.165) is 12.8 Å². The Morgan fingerprint density at radius 1 is 1.32 bits per heavy atom. The molecule has 1 saturated heterocycles. The largest absolute Gasteiger partial charge is 0.444 e. The number of halogens is 3. The number of carbonyl (C=O) groups excluding carboxylic acids is 1.